The average Bonchev–Trinajstić information content (AvgIpc) is 2.85. The van der Waals surface area contributed by atoms with Crippen LogP contribution >= 0.6 is 27.3 Å². The van der Waals surface area contributed by atoms with Gasteiger partial charge < -0.3 is 4.42 Å². The molecule has 2 rings (SSSR count). The lowest BCUT2D eigenvalue weighted by Gasteiger charge is -2.13. The summed E-state index contributed by atoms with van der Waals surface area (Å²) < 4.78 is 5.89. The molecule has 0 saturated heterocycles. The molecule has 0 amide bonds. The zero-order valence-electron chi connectivity index (χ0n) is 7.81. The number of nitrogens with zero attached hydrogens (tertiary/aromatic N) is 1. The molecule has 0 aromatic carbocycles. The molecule has 0 aliphatic rings. The number of rotatable bonds is 4. The minimum Gasteiger partial charge on any atom is -0.457 e. The van der Waals surface area contributed by atoms with Crippen molar-refractivity contribution >= 4 is 27.3 Å². The van der Waals surface area contributed by atoms with Crippen LogP contribution in [0.1, 0.15) is 16.5 Å². The SMILES string of the molecule is NNC(Cc1cncs1)c1ccoc1Br. The summed E-state index contributed by atoms with van der Waals surface area (Å²) in [7, 11) is 0. The molecule has 0 bridgehead atoms. The largest absolute Gasteiger partial charge is 0.457 e. The maximum atomic E-state index is 5.52. The molecule has 2 aromatic heterocycles. The molecule has 2 heterocycles. The highest BCUT2D eigenvalue weighted by Crippen LogP contribution is 2.27. The molecule has 3 N–H and O–H groups in total. The standard InChI is InChI=1S/C9H10BrN3OS/c10-9-7(1-2-14-9)8(13-11)3-6-4-12-5-15-6/h1-2,4-5,8,13H,3,11H2. The maximum absolute atomic E-state index is 5.52. The van der Waals surface area contributed by atoms with Crippen molar-refractivity contribution in [3.8, 4) is 0 Å². The zero-order chi connectivity index (χ0) is 10.7. The smallest absolute Gasteiger partial charge is 0.173 e. The van der Waals surface area contributed by atoms with Crippen LogP contribution in [0.3, 0.4) is 0 Å². The molecule has 4 nitrogen and oxygen atoms in total. The van der Waals surface area contributed by atoms with Crippen LogP contribution in [0.5, 0.6) is 0 Å². The van der Waals surface area contributed by atoms with E-state index in [-0.39, 0.29) is 6.04 Å². The van der Waals surface area contributed by atoms with Crippen molar-refractivity contribution in [2.75, 3.05) is 0 Å². The highest BCUT2D eigenvalue weighted by molar-refractivity contribution is 9.10. The minimum atomic E-state index is 0.0403. The third kappa shape index (κ3) is 2.46. The number of nitrogens with one attached hydrogen (secondary N) is 1. The van der Waals surface area contributed by atoms with Crippen LogP contribution in [0, 0.1) is 0 Å². The van der Waals surface area contributed by atoms with Gasteiger partial charge in [0, 0.05) is 23.1 Å². The predicted molar refractivity (Wildman–Crippen MR) is 62.3 cm³/mol. The van der Waals surface area contributed by atoms with Gasteiger partial charge in [-0.3, -0.25) is 16.3 Å². The Morgan fingerprint density at radius 3 is 3.07 bits per heavy atom. The Bertz CT molecular complexity index is 415. The molecule has 0 fully saturated rings. The monoisotopic (exact) mass is 287 g/mol. The van der Waals surface area contributed by atoms with E-state index in [1.165, 1.54) is 4.88 Å². The van der Waals surface area contributed by atoms with Crippen LogP contribution in [-0.2, 0) is 6.42 Å². The third-order valence-electron chi connectivity index (χ3n) is 2.11. The van der Waals surface area contributed by atoms with E-state index >= 15 is 0 Å². The molecule has 6 heteroatoms. The van der Waals surface area contributed by atoms with Crippen molar-refractivity contribution in [2.45, 2.75) is 12.5 Å². The molecular weight excluding hydrogens is 278 g/mol. The van der Waals surface area contributed by atoms with Crippen molar-refractivity contribution in [3.05, 3.63) is 39.1 Å². The molecule has 80 valence electrons. The Labute approximate surface area is 99.6 Å². The average molecular weight is 288 g/mol. The summed E-state index contributed by atoms with van der Waals surface area (Å²) in [4.78, 5) is 5.21. The van der Waals surface area contributed by atoms with Gasteiger partial charge in [0.25, 0.3) is 0 Å². The summed E-state index contributed by atoms with van der Waals surface area (Å²) in [5, 5.41) is 0. The number of hydrogen-bond acceptors (Lipinski definition) is 5. The highest BCUT2D eigenvalue weighted by atomic mass is 79.9. The van der Waals surface area contributed by atoms with Crippen LogP contribution in [0.4, 0.5) is 0 Å². The first-order chi connectivity index (χ1) is 7.31. The molecule has 0 aliphatic carbocycles. The second-order valence-electron chi connectivity index (χ2n) is 3.04. The lowest BCUT2D eigenvalue weighted by atomic mass is 10.1. The van der Waals surface area contributed by atoms with Gasteiger partial charge in [-0.05, 0) is 22.0 Å². The number of hydrazine groups is 1. The first-order valence-corrected chi connectivity index (χ1v) is 6.05. The minimum absolute atomic E-state index is 0.0403. The lowest BCUT2D eigenvalue weighted by molar-refractivity contribution is 0.508. The number of furan rings is 1. The molecule has 1 unspecified atom stereocenters. The first kappa shape index (κ1) is 10.8. The molecular formula is C9H10BrN3OS. The lowest BCUT2D eigenvalue weighted by Crippen LogP contribution is -2.29. The van der Waals surface area contributed by atoms with Crippen molar-refractivity contribution in [3.63, 3.8) is 0 Å². The second-order valence-corrected chi connectivity index (χ2v) is 4.73. The van der Waals surface area contributed by atoms with E-state index in [2.05, 4.69) is 26.3 Å². The van der Waals surface area contributed by atoms with Gasteiger partial charge in [0.15, 0.2) is 4.67 Å². The van der Waals surface area contributed by atoms with E-state index in [0.29, 0.717) is 0 Å². The van der Waals surface area contributed by atoms with Crippen LogP contribution in [0.2, 0.25) is 0 Å². The van der Waals surface area contributed by atoms with E-state index < -0.39 is 0 Å². The third-order valence-corrected chi connectivity index (χ3v) is 3.56. The molecule has 2 aromatic rings. The van der Waals surface area contributed by atoms with E-state index in [4.69, 9.17) is 10.3 Å². The normalized spacial score (nSPS) is 12.9. The first-order valence-electron chi connectivity index (χ1n) is 4.37. The fraction of sp³-hybridized carbons (Fsp3) is 0.222. The number of thiazole rings is 1. The van der Waals surface area contributed by atoms with Crippen LogP contribution < -0.4 is 11.3 Å². The number of hydrogen-bond donors (Lipinski definition) is 2. The topological polar surface area (TPSA) is 64.1 Å². The van der Waals surface area contributed by atoms with Gasteiger partial charge in [0.05, 0.1) is 17.8 Å². The van der Waals surface area contributed by atoms with Crippen LogP contribution in [0.15, 0.2) is 33.1 Å². The highest BCUT2D eigenvalue weighted by Gasteiger charge is 2.16. The molecule has 0 radical (unpaired) electrons. The molecule has 0 aliphatic heterocycles. The fourth-order valence-corrected chi connectivity index (χ4v) is 2.51. The van der Waals surface area contributed by atoms with Gasteiger partial charge in [-0.15, -0.1) is 11.3 Å². The summed E-state index contributed by atoms with van der Waals surface area (Å²) in [6.07, 6.45) is 4.29. The summed E-state index contributed by atoms with van der Waals surface area (Å²) in [5.41, 5.74) is 5.60. The Balaban J connectivity index is 2.15. The Kier molecular flexibility index (Phi) is 3.53. The second kappa shape index (κ2) is 4.89. The quantitative estimate of drug-likeness (QED) is 0.669. The van der Waals surface area contributed by atoms with Gasteiger partial charge >= 0.3 is 0 Å². The zero-order valence-corrected chi connectivity index (χ0v) is 10.2. The van der Waals surface area contributed by atoms with Crippen LogP contribution in [-0.4, -0.2) is 4.98 Å². The van der Waals surface area contributed by atoms with Gasteiger partial charge in [0.2, 0.25) is 0 Å². The van der Waals surface area contributed by atoms with Gasteiger partial charge in [0.1, 0.15) is 0 Å². The van der Waals surface area contributed by atoms with E-state index in [9.17, 15) is 0 Å². The number of halogens is 1. The summed E-state index contributed by atoms with van der Waals surface area (Å²) in [5.74, 6) is 5.52. The molecule has 0 spiro atoms. The van der Waals surface area contributed by atoms with Crippen molar-refractivity contribution in [1.82, 2.24) is 10.4 Å². The molecule has 0 saturated carbocycles. The fourth-order valence-electron chi connectivity index (χ4n) is 1.36. The van der Waals surface area contributed by atoms with Crippen molar-refractivity contribution in [2.24, 2.45) is 5.84 Å². The van der Waals surface area contributed by atoms with E-state index in [1.807, 2.05) is 17.8 Å². The van der Waals surface area contributed by atoms with E-state index in [0.717, 1.165) is 16.7 Å². The Hall–Kier alpha value is -0.690. The van der Waals surface area contributed by atoms with E-state index in [1.54, 1.807) is 17.6 Å². The predicted octanol–water partition coefficient (Wildman–Crippen LogP) is 2.25. The molecule has 15 heavy (non-hydrogen) atoms. The summed E-state index contributed by atoms with van der Waals surface area (Å²) in [6.45, 7) is 0. The summed E-state index contributed by atoms with van der Waals surface area (Å²) >= 11 is 4.95. The maximum Gasteiger partial charge on any atom is 0.173 e. The number of aromatic nitrogens is 1. The number of nitrogens with two attached hydrogens (primary N) is 1. The van der Waals surface area contributed by atoms with Crippen molar-refractivity contribution in [1.29, 1.82) is 0 Å². The van der Waals surface area contributed by atoms with Crippen molar-refractivity contribution < 1.29 is 4.42 Å². The Morgan fingerprint density at radius 1 is 1.67 bits per heavy atom. The van der Waals surface area contributed by atoms with Crippen LogP contribution in [0.25, 0.3) is 0 Å². The van der Waals surface area contributed by atoms with Gasteiger partial charge in [-0.1, -0.05) is 0 Å². The van der Waals surface area contributed by atoms with Gasteiger partial charge in [-0.25, -0.2) is 0 Å². The Morgan fingerprint density at radius 2 is 2.53 bits per heavy atom. The molecule has 1 atom stereocenters. The summed E-state index contributed by atoms with van der Waals surface area (Å²) in [6, 6.07) is 1.94. The van der Waals surface area contributed by atoms with Gasteiger partial charge in [-0.2, -0.15) is 0 Å².